The van der Waals surface area contributed by atoms with Crippen molar-refractivity contribution in [2.75, 3.05) is 10.6 Å². The van der Waals surface area contributed by atoms with Crippen molar-refractivity contribution in [2.45, 2.75) is 13.5 Å². The number of anilines is 2. The summed E-state index contributed by atoms with van der Waals surface area (Å²) in [5.41, 5.74) is 0.512. The Hall–Kier alpha value is -4.02. The van der Waals surface area contributed by atoms with Crippen LogP contribution in [0.5, 0.6) is 0 Å². The molecule has 11 nitrogen and oxygen atoms in total. The zero-order valence-corrected chi connectivity index (χ0v) is 14.2. The number of aryl methyl sites for hydroxylation is 1. The molecule has 0 bridgehead atoms. The summed E-state index contributed by atoms with van der Waals surface area (Å²) in [6.07, 6.45) is 2.49. The van der Waals surface area contributed by atoms with Gasteiger partial charge in [-0.1, -0.05) is 6.07 Å². The molecule has 0 aliphatic heterocycles. The summed E-state index contributed by atoms with van der Waals surface area (Å²) in [5, 5.41) is 26.0. The monoisotopic (exact) mass is 369 g/mol. The molecule has 2 aromatic heterocycles. The fourth-order valence-corrected chi connectivity index (χ4v) is 2.43. The summed E-state index contributed by atoms with van der Waals surface area (Å²) in [6, 6.07) is 8.00. The molecule has 1 aromatic carbocycles. The first-order valence-corrected chi connectivity index (χ1v) is 7.92. The van der Waals surface area contributed by atoms with E-state index in [1.165, 1.54) is 12.3 Å². The van der Waals surface area contributed by atoms with Crippen molar-refractivity contribution in [2.24, 2.45) is 0 Å². The third kappa shape index (κ3) is 3.81. The maximum absolute atomic E-state index is 12.3. The number of aromatic amines is 1. The van der Waals surface area contributed by atoms with Gasteiger partial charge in [-0.15, -0.1) is 0 Å². The molecule has 0 saturated carbocycles. The van der Waals surface area contributed by atoms with Gasteiger partial charge in [0.25, 0.3) is 11.8 Å². The van der Waals surface area contributed by atoms with Gasteiger partial charge in [0.2, 0.25) is 5.69 Å². The maximum atomic E-state index is 12.3. The van der Waals surface area contributed by atoms with Gasteiger partial charge >= 0.3 is 5.69 Å². The van der Waals surface area contributed by atoms with Crippen LogP contribution in [-0.4, -0.2) is 36.7 Å². The summed E-state index contributed by atoms with van der Waals surface area (Å²) in [4.78, 5) is 34.8. The summed E-state index contributed by atoms with van der Waals surface area (Å²) in [6.45, 7) is 2.42. The van der Waals surface area contributed by atoms with Gasteiger partial charge in [-0.25, -0.2) is 0 Å². The zero-order chi connectivity index (χ0) is 19.4. The molecule has 2 heterocycles. The molecule has 0 spiro atoms. The number of rotatable bonds is 6. The largest absolute Gasteiger partial charge is 0.321 e. The fraction of sp³-hybridized carbons (Fsp3) is 0.125. The highest BCUT2D eigenvalue weighted by Gasteiger charge is 2.23. The maximum Gasteiger partial charge on any atom is 0.319 e. The quantitative estimate of drug-likeness (QED) is 0.447. The van der Waals surface area contributed by atoms with Crippen molar-refractivity contribution in [3.05, 3.63) is 64.2 Å². The van der Waals surface area contributed by atoms with Crippen LogP contribution >= 0.6 is 0 Å². The molecule has 0 aliphatic rings. The lowest BCUT2D eigenvalue weighted by Crippen LogP contribution is -2.18. The molecular weight excluding hydrogens is 354 g/mol. The number of carbonyl (C=O) groups excluding carboxylic acids is 2. The topological polar surface area (TPSA) is 148 Å². The van der Waals surface area contributed by atoms with Crippen LogP contribution in [0, 0.1) is 10.1 Å². The molecule has 0 aliphatic carbocycles. The Morgan fingerprint density at radius 2 is 1.93 bits per heavy atom. The molecule has 0 saturated heterocycles. The van der Waals surface area contributed by atoms with E-state index in [1.807, 2.05) is 6.92 Å². The minimum atomic E-state index is -0.716. The second-order valence-corrected chi connectivity index (χ2v) is 5.41. The first kappa shape index (κ1) is 17.8. The smallest absolute Gasteiger partial charge is 0.319 e. The second kappa shape index (κ2) is 7.47. The van der Waals surface area contributed by atoms with E-state index < -0.39 is 16.5 Å². The van der Waals surface area contributed by atoms with Gasteiger partial charge in [0.1, 0.15) is 11.9 Å². The average molecular weight is 369 g/mol. The van der Waals surface area contributed by atoms with Crippen LogP contribution in [-0.2, 0) is 6.54 Å². The van der Waals surface area contributed by atoms with Gasteiger partial charge in [-0.05, 0) is 31.2 Å². The molecule has 0 radical (unpaired) electrons. The van der Waals surface area contributed by atoms with Gasteiger partial charge in [0.05, 0.1) is 4.92 Å². The number of nitrogens with zero attached hydrogens (tertiary/aromatic N) is 4. The van der Waals surface area contributed by atoms with Crippen molar-refractivity contribution >= 4 is 28.9 Å². The number of hydrogen-bond donors (Lipinski definition) is 3. The van der Waals surface area contributed by atoms with E-state index in [2.05, 4.69) is 25.9 Å². The van der Waals surface area contributed by atoms with Crippen LogP contribution < -0.4 is 10.6 Å². The molecule has 138 valence electrons. The predicted molar refractivity (Wildman–Crippen MR) is 95.5 cm³/mol. The SMILES string of the molecule is CCn1nccc1C(=O)Nc1cccc(NC(=O)c2[nH]ncc2[N+](=O)[O-])c1. The summed E-state index contributed by atoms with van der Waals surface area (Å²) >= 11 is 0. The van der Waals surface area contributed by atoms with Crippen molar-refractivity contribution in [3.63, 3.8) is 0 Å². The van der Waals surface area contributed by atoms with Gasteiger partial charge in [0, 0.05) is 24.1 Å². The Balaban J connectivity index is 1.74. The molecule has 0 atom stereocenters. The molecule has 2 amide bonds. The van der Waals surface area contributed by atoms with E-state index in [4.69, 9.17) is 0 Å². The molecule has 27 heavy (non-hydrogen) atoms. The summed E-state index contributed by atoms with van der Waals surface area (Å²) in [5.74, 6) is -1.06. The molecule has 0 fully saturated rings. The highest BCUT2D eigenvalue weighted by molar-refractivity contribution is 6.06. The zero-order valence-electron chi connectivity index (χ0n) is 14.2. The normalized spacial score (nSPS) is 10.4. The third-order valence-electron chi connectivity index (χ3n) is 3.67. The van der Waals surface area contributed by atoms with Crippen molar-refractivity contribution < 1.29 is 14.5 Å². The molecule has 3 N–H and O–H groups in total. The van der Waals surface area contributed by atoms with Crippen molar-refractivity contribution in [3.8, 4) is 0 Å². The Bertz CT molecular complexity index is 1010. The lowest BCUT2D eigenvalue weighted by Gasteiger charge is -2.09. The highest BCUT2D eigenvalue weighted by atomic mass is 16.6. The van der Waals surface area contributed by atoms with Crippen LogP contribution in [0.2, 0.25) is 0 Å². The second-order valence-electron chi connectivity index (χ2n) is 5.41. The fourth-order valence-electron chi connectivity index (χ4n) is 2.43. The number of hydrogen-bond acceptors (Lipinski definition) is 6. The van der Waals surface area contributed by atoms with E-state index in [0.29, 0.717) is 23.6 Å². The Labute approximate surface area is 152 Å². The van der Waals surface area contributed by atoms with Crippen molar-refractivity contribution in [1.29, 1.82) is 0 Å². The van der Waals surface area contributed by atoms with E-state index in [1.54, 1.807) is 28.9 Å². The number of carbonyl (C=O) groups is 2. The molecule has 3 aromatic rings. The van der Waals surface area contributed by atoms with Gasteiger partial charge in [-0.3, -0.25) is 29.5 Å². The Kier molecular flexibility index (Phi) is 4.92. The number of amides is 2. The van der Waals surface area contributed by atoms with E-state index in [9.17, 15) is 19.7 Å². The summed E-state index contributed by atoms with van der Waals surface area (Å²) < 4.78 is 1.55. The lowest BCUT2D eigenvalue weighted by atomic mass is 10.2. The number of nitrogens with one attached hydrogen (secondary N) is 3. The molecular formula is C16H15N7O4. The van der Waals surface area contributed by atoms with E-state index in [-0.39, 0.29) is 11.6 Å². The van der Waals surface area contributed by atoms with Gasteiger partial charge in [-0.2, -0.15) is 10.2 Å². The van der Waals surface area contributed by atoms with E-state index in [0.717, 1.165) is 6.20 Å². The van der Waals surface area contributed by atoms with Crippen molar-refractivity contribution in [1.82, 2.24) is 20.0 Å². The van der Waals surface area contributed by atoms with Crippen LogP contribution in [0.3, 0.4) is 0 Å². The number of benzene rings is 1. The predicted octanol–water partition coefficient (Wildman–Crippen LogP) is 2.04. The standard InChI is InChI=1S/C16H15N7O4/c1-2-22-12(6-7-18-22)15(24)19-10-4-3-5-11(8-10)20-16(25)14-13(23(26)27)9-17-21-14/h3-9H,2H2,1H3,(H,17,21)(H,19,24)(H,20,25). The van der Waals surface area contributed by atoms with Gasteiger partial charge < -0.3 is 10.6 Å². The van der Waals surface area contributed by atoms with Crippen LogP contribution in [0.4, 0.5) is 17.1 Å². The molecule has 11 heteroatoms. The van der Waals surface area contributed by atoms with Crippen LogP contribution in [0.25, 0.3) is 0 Å². The van der Waals surface area contributed by atoms with Crippen LogP contribution in [0.15, 0.2) is 42.7 Å². The Morgan fingerprint density at radius 1 is 1.22 bits per heavy atom. The lowest BCUT2D eigenvalue weighted by molar-refractivity contribution is -0.385. The number of aromatic nitrogens is 4. The first-order chi connectivity index (χ1) is 13.0. The summed E-state index contributed by atoms with van der Waals surface area (Å²) in [7, 11) is 0. The van der Waals surface area contributed by atoms with Gasteiger partial charge in [0.15, 0.2) is 0 Å². The Morgan fingerprint density at radius 3 is 2.59 bits per heavy atom. The molecule has 3 rings (SSSR count). The number of nitro groups is 1. The first-order valence-electron chi connectivity index (χ1n) is 7.92. The number of H-pyrrole nitrogens is 1. The third-order valence-corrected chi connectivity index (χ3v) is 3.67. The minimum absolute atomic E-state index is 0.263. The van der Waals surface area contributed by atoms with Crippen LogP contribution in [0.1, 0.15) is 27.9 Å². The highest BCUT2D eigenvalue weighted by Crippen LogP contribution is 2.19. The minimum Gasteiger partial charge on any atom is -0.321 e. The molecule has 0 unspecified atom stereocenters. The van der Waals surface area contributed by atoms with E-state index >= 15 is 0 Å². The average Bonchev–Trinajstić information content (AvgIpc) is 3.31.